The number of halogens is 1. The van der Waals surface area contributed by atoms with Crippen molar-refractivity contribution >= 4 is 27.5 Å². The van der Waals surface area contributed by atoms with Crippen molar-refractivity contribution in [1.82, 2.24) is 9.62 Å². The average Bonchev–Trinajstić information content (AvgIpc) is 2.65. The Labute approximate surface area is 169 Å². The predicted molar refractivity (Wildman–Crippen MR) is 103 cm³/mol. The Hall–Kier alpha value is -1.23. The zero-order valence-corrected chi connectivity index (χ0v) is 17.2. The molecule has 1 aromatic carbocycles. The molecule has 3 rings (SSSR count). The molecule has 2 saturated heterocycles. The van der Waals surface area contributed by atoms with Gasteiger partial charge in [0.15, 0.2) is 0 Å². The van der Waals surface area contributed by atoms with Crippen LogP contribution in [-0.4, -0.2) is 74.9 Å². The van der Waals surface area contributed by atoms with Crippen molar-refractivity contribution in [3.8, 4) is 0 Å². The Bertz CT molecular complexity index is 805. The lowest BCUT2D eigenvalue weighted by Gasteiger charge is -2.43. The van der Waals surface area contributed by atoms with E-state index in [-0.39, 0.29) is 48.1 Å². The van der Waals surface area contributed by atoms with Crippen LogP contribution in [0.25, 0.3) is 0 Å². The maximum Gasteiger partial charge on any atom is 0.244 e. The van der Waals surface area contributed by atoms with Crippen LogP contribution < -0.4 is 5.32 Å². The van der Waals surface area contributed by atoms with Crippen LogP contribution in [0.3, 0.4) is 0 Å². The van der Waals surface area contributed by atoms with E-state index in [4.69, 9.17) is 21.1 Å². The van der Waals surface area contributed by atoms with Gasteiger partial charge in [-0.3, -0.25) is 4.79 Å². The number of hydrogen-bond acceptors (Lipinski definition) is 6. The molecule has 2 fully saturated rings. The number of benzene rings is 1. The molecule has 0 aliphatic carbocycles. The molecule has 2 aliphatic rings. The third-order valence-electron chi connectivity index (χ3n) is 5.05. The number of nitrogens with one attached hydrogen (secondary N) is 1. The molecule has 0 unspecified atom stereocenters. The summed E-state index contributed by atoms with van der Waals surface area (Å²) in [4.78, 5) is 11.7. The summed E-state index contributed by atoms with van der Waals surface area (Å²) < 4.78 is 39.5. The first-order valence-electron chi connectivity index (χ1n) is 9.21. The van der Waals surface area contributed by atoms with Gasteiger partial charge in [-0.2, -0.15) is 4.31 Å². The van der Waals surface area contributed by atoms with Crippen molar-refractivity contribution in [2.45, 2.75) is 48.5 Å². The molecule has 0 spiro atoms. The van der Waals surface area contributed by atoms with Gasteiger partial charge in [0.05, 0.1) is 49.0 Å². The van der Waals surface area contributed by atoms with E-state index in [9.17, 15) is 18.3 Å². The highest BCUT2D eigenvalue weighted by atomic mass is 35.5. The summed E-state index contributed by atoms with van der Waals surface area (Å²) in [5, 5.41) is 12.9. The topological polar surface area (TPSA) is 105 Å². The molecule has 0 saturated carbocycles. The van der Waals surface area contributed by atoms with Crippen LogP contribution in [-0.2, 0) is 24.3 Å². The smallest absolute Gasteiger partial charge is 0.244 e. The van der Waals surface area contributed by atoms with Gasteiger partial charge in [0.1, 0.15) is 4.90 Å². The second-order valence-electron chi connectivity index (χ2n) is 7.01. The van der Waals surface area contributed by atoms with Crippen LogP contribution in [0.15, 0.2) is 29.2 Å². The summed E-state index contributed by atoms with van der Waals surface area (Å²) >= 11 is 6.14. The van der Waals surface area contributed by atoms with Crippen LogP contribution in [0.5, 0.6) is 0 Å². The summed E-state index contributed by atoms with van der Waals surface area (Å²) in [5.41, 5.74) is 0. The van der Waals surface area contributed by atoms with Crippen LogP contribution in [0.1, 0.15) is 19.3 Å². The van der Waals surface area contributed by atoms with Gasteiger partial charge < -0.3 is 19.9 Å². The fraction of sp³-hybridized carbons (Fsp3) is 0.611. The number of carbonyl (C=O) groups excluding carboxylic acids is 1. The zero-order valence-electron chi connectivity index (χ0n) is 15.6. The summed E-state index contributed by atoms with van der Waals surface area (Å²) in [5.74, 6) is -0.133. The molecule has 2 aliphatic heterocycles. The van der Waals surface area contributed by atoms with Crippen LogP contribution in [0.4, 0.5) is 0 Å². The van der Waals surface area contributed by atoms with Gasteiger partial charge in [0.2, 0.25) is 15.9 Å². The van der Waals surface area contributed by atoms with Crippen molar-refractivity contribution in [3.05, 3.63) is 29.3 Å². The highest BCUT2D eigenvalue weighted by Gasteiger charge is 2.43. The molecule has 2 heterocycles. The first kappa shape index (κ1) is 21.5. The third-order valence-corrected chi connectivity index (χ3v) is 7.44. The van der Waals surface area contributed by atoms with Crippen molar-refractivity contribution in [2.24, 2.45) is 0 Å². The number of hydrogen-bond donors (Lipinski definition) is 2. The molecule has 0 bridgehead atoms. The van der Waals surface area contributed by atoms with E-state index in [2.05, 4.69) is 5.32 Å². The van der Waals surface area contributed by atoms with Crippen LogP contribution in [0, 0.1) is 0 Å². The molecule has 0 radical (unpaired) electrons. The Balaban J connectivity index is 1.88. The second-order valence-corrected chi connectivity index (χ2v) is 9.28. The van der Waals surface area contributed by atoms with Crippen molar-refractivity contribution in [2.75, 3.05) is 26.8 Å². The minimum Gasteiger partial charge on any atom is -0.389 e. The largest absolute Gasteiger partial charge is 0.389 e. The predicted octanol–water partition coefficient (Wildman–Crippen LogP) is 0.774. The molecule has 4 atom stereocenters. The number of β-amino-alcohol motifs (C(OH)–C–C–N with tert-alkyl or cyclic N) is 1. The molecule has 10 heteroatoms. The van der Waals surface area contributed by atoms with E-state index >= 15 is 0 Å². The average molecular weight is 433 g/mol. The highest BCUT2D eigenvalue weighted by molar-refractivity contribution is 7.89. The fourth-order valence-corrected chi connectivity index (χ4v) is 5.87. The Kier molecular flexibility index (Phi) is 6.95. The second kappa shape index (κ2) is 9.06. The number of amides is 1. The van der Waals surface area contributed by atoms with Crippen molar-refractivity contribution < 1.29 is 27.8 Å². The third kappa shape index (κ3) is 4.67. The number of carbonyl (C=O) groups is 1. The molecule has 8 nitrogen and oxygen atoms in total. The van der Waals surface area contributed by atoms with E-state index in [0.717, 1.165) is 0 Å². The van der Waals surface area contributed by atoms with E-state index in [1.807, 2.05) is 0 Å². The van der Waals surface area contributed by atoms with E-state index in [0.29, 0.717) is 12.8 Å². The molecule has 0 aromatic heterocycles. The van der Waals surface area contributed by atoms with E-state index in [1.165, 1.54) is 16.4 Å². The summed E-state index contributed by atoms with van der Waals surface area (Å²) in [6, 6.07) is 5.72. The van der Waals surface area contributed by atoms with E-state index < -0.39 is 28.3 Å². The first-order chi connectivity index (χ1) is 13.3. The van der Waals surface area contributed by atoms with Gasteiger partial charge in [0.25, 0.3) is 0 Å². The van der Waals surface area contributed by atoms with Crippen LogP contribution in [0.2, 0.25) is 5.02 Å². The Morgan fingerprint density at radius 2 is 2.07 bits per heavy atom. The first-order valence-corrected chi connectivity index (χ1v) is 11.0. The summed E-state index contributed by atoms with van der Waals surface area (Å²) in [7, 11) is -2.39. The van der Waals surface area contributed by atoms with Crippen LogP contribution >= 0.6 is 11.6 Å². The Morgan fingerprint density at radius 1 is 1.32 bits per heavy atom. The number of sulfonamides is 1. The lowest BCUT2D eigenvalue weighted by Crippen LogP contribution is -2.57. The van der Waals surface area contributed by atoms with Gasteiger partial charge in [0, 0.05) is 13.6 Å². The molecule has 2 N–H and O–H groups in total. The monoisotopic (exact) mass is 432 g/mol. The number of ether oxygens (including phenoxy) is 2. The molecule has 156 valence electrons. The normalized spacial score (nSPS) is 29.4. The van der Waals surface area contributed by atoms with Gasteiger partial charge in [-0.25, -0.2) is 8.42 Å². The molecular formula is C18H25ClN2O6S. The van der Waals surface area contributed by atoms with Gasteiger partial charge in [-0.15, -0.1) is 0 Å². The Morgan fingerprint density at radius 3 is 2.79 bits per heavy atom. The number of nitrogens with zero attached hydrogens (tertiary/aromatic N) is 1. The summed E-state index contributed by atoms with van der Waals surface area (Å²) in [6.07, 6.45) is -0.570. The number of fused-ring (bicyclic) bond motifs is 1. The van der Waals surface area contributed by atoms with Crippen molar-refractivity contribution in [3.63, 3.8) is 0 Å². The number of aliphatic hydroxyl groups excluding tert-OH is 1. The number of rotatable bonds is 4. The SMILES string of the molecule is CNC(=O)C[C@@H]1CC[C@@H]2[C@H](COC[C@H](O)CN2S(=O)(=O)c2ccccc2Cl)O1. The van der Waals surface area contributed by atoms with E-state index in [1.54, 1.807) is 19.2 Å². The molecular weight excluding hydrogens is 408 g/mol. The number of aliphatic hydroxyl groups is 1. The minimum absolute atomic E-state index is 0.00122. The maximum absolute atomic E-state index is 13.3. The lowest BCUT2D eigenvalue weighted by atomic mass is 9.96. The molecule has 28 heavy (non-hydrogen) atoms. The quantitative estimate of drug-likeness (QED) is 0.728. The lowest BCUT2D eigenvalue weighted by molar-refractivity contribution is -0.146. The standard InChI is InChI=1S/C18H25ClN2O6S/c1-20-18(23)8-13-6-7-15-16(27-13)11-26-10-12(22)9-21(15)28(24,25)17-5-3-2-4-14(17)19/h2-5,12-13,15-16,22H,6-11H2,1H3,(H,20,23)/t12-,13+,15-,16+/m1/s1. The highest BCUT2D eigenvalue weighted by Crippen LogP contribution is 2.33. The molecule has 1 aromatic rings. The van der Waals surface area contributed by atoms with Gasteiger partial charge in [-0.05, 0) is 25.0 Å². The molecule has 1 amide bonds. The zero-order chi connectivity index (χ0) is 20.3. The maximum atomic E-state index is 13.3. The van der Waals surface area contributed by atoms with Crippen molar-refractivity contribution in [1.29, 1.82) is 0 Å². The van der Waals surface area contributed by atoms with Gasteiger partial charge in [-0.1, -0.05) is 23.7 Å². The fourth-order valence-electron chi connectivity index (χ4n) is 3.66. The minimum atomic E-state index is -3.95. The van der Waals surface area contributed by atoms with Gasteiger partial charge >= 0.3 is 0 Å². The summed E-state index contributed by atoms with van der Waals surface area (Å²) in [6.45, 7) is 0.0277.